The number of pyridine rings is 1. The molecule has 1 N–H and O–H groups in total. The van der Waals surface area contributed by atoms with Crippen molar-refractivity contribution in [2.24, 2.45) is 0 Å². The van der Waals surface area contributed by atoms with Crippen LogP contribution in [0.4, 0.5) is 13.2 Å². The van der Waals surface area contributed by atoms with Gasteiger partial charge in [-0.15, -0.1) is 0 Å². The second-order valence-corrected chi connectivity index (χ2v) is 7.64. The van der Waals surface area contributed by atoms with Gasteiger partial charge >= 0.3 is 6.18 Å². The molecule has 0 radical (unpaired) electrons. The van der Waals surface area contributed by atoms with Gasteiger partial charge in [0.2, 0.25) is 0 Å². The number of amides is 1. The minimum atomic E-state index is -4.50. The lowest BCUT2D eigenvalue weighted by atomic mass is 10.1. The largest absolute Gasteiger partial charge is 0.416 e. The third kappa shape index (κ3) is 4.47. The third-order valence-corrected chi connectivity index (χ3v) is 5.22. The molecule has 5 rings (SSSR count). The van der Waals surface area contributed by atoms with Crippen LogP contribution >= 0.6 is 0 Å². The van der Waals surface area contributed by atoms with Crippen LogP contribution in [0.1, 0.15) is 46.2 Å². The Labute approximate surface area is 185 Å². The molecule has 0 spiro atoms. The molecule has 0 atom stereocenters. The van der Waals surface area contributed by atoms with E-state index in [4.69, 9.17) is 4.52 Å². The molecule has 0 saturated heterocycles. The number of hydrogen-bond acceptors (Lipinski definition) is 6. The fourth-order valence-electron chi connectivity index (χ4n) is 3.31. The quantitative estimate of drug-likeness (QED) is 0.470. The Morgan fingerprint density at radius 2 is 1.97 bits per heavy atom. The maximum Gasteiger partial charge on any atom is 0.416 e. The Morgan fingerprint density at radius 3 is 2.70 bits per heavy atom. The first kappa shape index (κ1) is 20.9. The highest BCUT2D eigenvalue weighted by molar-refractivity contribution is 5.92. The molecular formula is C22H17F3N6O2. The highest BCUT2D eigenvalue weighted by Gasteiger charge is 2.33. The molecule has 8 nitrogen and oxygen atoms in total. The Hall–Kier alpha value is -4.02. The number of imidazole rings is 1. The number of benzene rings is 1. The maximum absolute atomic E-state index is 13.1. The van der Waals surface area contributed by atoms with Crippen molar-refractivity contribution in [1.29, 1.82) is 0 Å². The number of carbonyl (C=O) groups excluding carboxylic acids is 1. The minimum Gasteiger partial charge on any atom is -0.347 e. The van der Waals surface area contributed by atoms with Gasteiger partial charge in [0.1, 0.15) is 17.8 Å². The Balaban J connectivity index is 1.26. The molecule has 11 heteroatoms. The summed E-state index contributed by atoms with van der Waals surface area (Å²) >= 11 is 0. The molecule has 0 unspecified atom stereocenters. The molecule has 3 aromatic heterocycles. The molecule has 1 saturated carbocycles. The Morgan fingerprint density at radius 1 is 1.15 bits per heavy atom. The molecule has 1 aromatic carbocycles. The van der Waals surface area contributed by atoms with Gasteiger partial charge in [-0.05, 0) is 36.6 Å². The number of nitrogens with one attached hydrogen (secondary N) is 1. The molecule has 1 aliphatic carbocycles. The van der Waals surface area contributed by atoms with Crippen molar-refractivity contribution in [3.8, 4) is 17.3 Å². The van der Waals surface area contributed by atoms with Crippen LogP contribution < -0.4 is 5.32 Å². The van der Waals surface area contributed by atoms with Gasteiger partial charge in [0, 0.05) is 24.9 Å². The summed E-state index contributed by atoms with van der Waals surface area (Å²) < 4.78 is 46.2. The minimum absolute atomic E-state index is 0.0269. The average Bonchev–Trinajstić information content (AvgIpc) is 3.33. The van der Waals surface area contributed by atoms with Crippen molar-refractivity contribution in [3.05, 3.63) is 77.8 Å². The van der Waals surface area contributed by atoms with Crippen LogP contribution in [0.25, 0.3) is 17.3 Å². The van der Waals surface area contributed by atoms with E-state index in [1.165, 1.54) is 35.3 Å². The van der Waals surface area contributed by atoms with Crippen LogP contribution in [0.5, 0.6) is 0 Å². The van der Waals surface area contributed by atoms with E-state index in [2.05, 4.69) is 25.4 Å². The zero-order valence-corrected chi connectivity index (χ0v) is 17.1. The number of rotatable bonds is 6. The first-order valence-electron chi connectivity index (χ1n) is 10.2. The number of halogens is 3. The predicted molar refractivity (Wildman–Crippen MR) is 109 cm³/mol. The van der Waals surface area contributed by atoms with Gasteiger partial charge in [0.05, 0.1) is 11.1 Å². The lowest BCUT2D eigenvalue weighted by Crippen LogP contribution is -2.24. The van der Waals surface area contributed by atoms with Crippen LogP contribution in [-0.2, 0) is 12.7 Å². The van der Waals surface area contributed by atoms with Gasteiger partial charge in [-0.1, -0.05) is 23.4 Å². The Bertz CT molecular complexity index is 1290. The summed E-state index contributed by atoms with van der Waals surface area (Å²) in [6.07, 6.45) is 2.07. The van der Waals surface area contributed by atoms with Crippen LogP contribution in [0, 0.1) is 0 Å². The monoisotopic (exact) mass is 454 g/mol. The molecule has 168 valence electrons. The van der Waals surface area contributed by atoms with Gasteiger partial charge in [-0.25, -0.2) is 9.97 Å². The molecule has 1 aliphatic rings. The smallest absolute Gasteiger partial charge is 0.347 e. The van der Waals surface area contributed by atoms with E-state index in [1.54, 1.807) is 18.3 Å². The van der Waals surface area contributed by atoms with Crippen molar-refractivity contribution in [3.63, 3.8) is 0 Å². The third-order valence-electron chi connectivity index (χ3n) is 5.22. The van der Waals surface area contributed by atoms with Gasteiger partial charge in [-0.2, -0.15) is 18.2 Å². The predicted octanol–water partition coefficient (Wildman–Crippen LogP) is 4.14. The number of aromatic nitrogens is 5. The van der Waals surface area contributed by atoms with Gasteiger partial charge in [0.15, 0.2) is 5.82 Å². The van der Waals surface area contributed by atoms with Gasteiger partial charge < -0.3 is 9.84 Å². The number of alkyl halides is 3. The van der Waals surface area contributed by atoms with Gasteiger partial charge in [0.25, 0.3) is 11.8 Å². The molecule has 4 aromatic rings. The van der Waals surface area contributed by atoms with Crippen LogP contribution in [0.15, 0.2) is 59.6 Å². The summed E-state index contributed by atoms with van der Waals surface area (Å²) in [5.74, 6) is 1.38. The molecule has 3 heterocycles. The topological polar surface area (TPSA) is 98.7 Å². The zero-order chi connectivity index (χ0) is 23.0. The average molecular weight is 454 g/mol. The second kappa shape index (κ2) is 8.15. The fourth-order valence-corrected chi connectivity index (χ4v) is 3.31. The van der Waals surface area contributed by atoms with Crippen LogP contribution in [0.3, 0.4) is 0 Å². The van der Waals surface area contributed by atoms with Crippen LogP contribution in [0.2, 0.25) is 0 Å². The van der Waals surface area contributed by atoms with Gasteiger partial charge in [-0.3, -0.25) is 9.36 Å². The Kier molecular flexibility index (Phi) is 5.15. The van der Waals surface area contributed by atoms with Crippen molar-refractivity contribution in [2.75, 3.05) is 0 Å². The number of carbonyl (C=O) groups is 1. The SMILES string of the molecule is O=C(NCc1ccccc1C(F)(F)F)c1cn(-c2ccc(-c3nc(C4CC4)no3)cn2)cn1. The number of nitrogens with zero attached hydrogens (tertiary/aromatic N) is 5. The summed E-state index contributed by atoms with van der Waals surface area (Å²) in [7, 11) is 0. The molecule has 33 heavy (non-hydrogen) atoms. The first-order chi connectivity index (χ1) is 15.9. The van der Waals surface area contributed by atoms with Crippen molar-refractivity contribution >= 4 is 5.91 Å². The van der Waals surface area contributed by atoms with Crippen molar-refractivity contribution < 1.29 is 22.5 Å². The van der Waals surface area contributed by atoms with E-state index in [9.17, 15) is 18.0 Å². The maximum atomic E-state index is 13.1. The molecule has 1 amide bonds. The lowest BCUT2D eigenvalue weighted by molar-refractivity contribution is -0.138. The van der Waals surface area contributed by atoms with E-state index >= 15 is 0 Å². The fraction of sp³-hybridized carbons (Fsp3) is 0.227. The number of hydrogen-bond donors (Lipinski definition) is 1. The highest BCUT2D eigenvalue weighted by atomic mass is 19.4. The molecule has 1 fully saturated rings. The summed E-state index contributed by atoms with van der Waals surface area (Å²) in [4.78, 5) is 25.2. The summed E-state index contributed by atoms with van der Waals surface area (Å²) in [6.45, 7) is -0.276. The first-order valence-corrected chi connectivity index (χ1v) is 10.2. The van der Waals surface area contributed by atoms with E-state index < -0.39 is 17.6 Å². The van der Waals surface area contributed by atoms with E-state index in [-0.39, 0.29) is 17.8 Å². The summed E-state index contributed by atoms with van der Waals surface area (Å²) in [5, 5.41) is 6.46. The molecule has 0 aliphatic heterocycles. The highest BCUT2D eigenvalue weighted by Crippen LogP contribution is 2.38. The molecular weight excluding hydrogens is 437 g/mol. The standard InChI is InChI=1S/C22H17F3N6O2/c23-22(24,25)16-4-2-1-3-14(16)9-27-20(32)17-11-31(12-28-17)18-8-7-15(10-26-18)21-29-19(30-33-21)13-5-6-13/h1-4,7-8,10-13H,5-6,9H2,(H,27,32). The summed E-state index contributed by atoms with van der Waals surface area (Å²) in [6, 6.07) is 8.57. The van der Waals surface area contributed by atoms with Crippen LogP contribution in [-0.4, -0.2) is 30.6 Å². The van der Waals surface area contributed by atoms with E-state index in [0.29, 0.717) is 29.0 Å². The molecule has 0 bridgehead atoms. The lowest BCUT2D eigenvalue weighted by Gasteiger charge is -2.12. The summed E-state index contributed by atoms with van der Waals surface area (Å²) in [5.41, 5.74) is -0.0950. The normalized spacial score (nSPS) is 13.8. The second-order valence-electron chi connectivity index (χ2n) is 7.64. The van der Waals surface area contributed by atoms with Crippen molar-refractivity contribution in [1.82, 2.24) is 30.0 Å². The van der Waals surface area contributed by atoms with E-state index in [0.717, 1.165) is 18.9 Å². The van der Waals surface area contributed by atoms with E-state index in [1.807, 2.05) is 0 Å². The van der Waals surface area contributed by atoms with Crippen molar-refractivity contribution in [2.45, 2.75) is 31.5 Å². The zero-order valence-electron chi connectivity index (χ0n) is 17.1.